The highest BCUT2D eigenvalue weighted by Gasteiger charge is 2.16. The number of hydrogen-bond donors (Lipinski definition) is 2. The highest BCUT2D eigenvalue weighted by atomic mass is 16.2. The molecule has 1 aromatic rings. The van der Waals surface area contributed by atoms with Gasteiger partial charge in [-0.05, 0) is 57.2 Å². The summed E-state index contributed by atoms with van der Waals surface area (Å²) in [5.74, 6) is 0.709. The van der Waals surface area contributed by atoms with Gasteiger partial charge in [-0.2, -0.15) is 0 Å². The quantitative estimate of drug-likeness (QED) is 0.809. The molecule has 0 radical (unpaired) electrons. The Morgan fingerprint density at radius 1 is 1.05 bits per heavy atom. The van der Waals surface area contributed by atoms with E-state index in [-0.39, 0.29) is 11.6 Å². The zero-order valence-electron chi connectivity index (χ0n) is 12.8. The summed E-state index contributed by atoms with van der Waals surface area (Å²) in [4.78, 5) is 11.8. The zero-order chi connectivity index (χ0) is 14.6. The normalized spacial score (nSPS) is 16.8. The SMILES string of the molecule is CC(C)(C)NC(=O)Nc1ccc(C2CCCCC2)cc1. The predicted molar refractivity (Wildman–Crippen MR) is 84.2 cm³/mol. The number of hydrogen-bond acceptors (Lipinski definition) is 1. The molecule has 1 saturated carbocycles. The number of urea groups is 1. The van der Waals surface area contributed by atoms with Gasteiger partial charge in [-0.15, -0.1) is 0 Å². The molecule has 0 unspecified atom stereocenters. The molecule has 2 amide bonds. The molecule has 0 atom stereocenters. The Morgan fingerprint density at radius 3 is 2.20 bits per heavy atom. The second kappa shape index (κ2) is 6.29. The molecule has 0 aromatic heterocycles. The van der Waals surface area contributed by atoms with Crippen molar-refractivity contribution >= 4 is 11.7 Å². The van der Waals surface area contributed by atoms with E-state index in [4.69, 9.17) is 0 Å². The molecule has 20 heavy (non-hydrogen) atoms. The van der Waals surface area contributed by atoms with Gasteiger partial charge in [-0.1, -0.05) is 31.4 Å². The Bertz CT molecular complexity index is 439. The van der Waals surface area contributed by atoms with Crippen LogP contribution < -0.4 is 10.6 Å². The average Bonchev–Trinajstić information content (AvgIpc) is 2.38. The number of rotatable bonds is 2. The van der Waals surface area contributed by atoms with E-state index in [0.717, 1.165) is 5.69 Å². The summed E-state index contributed by atoms with van der Waals surface area (Å²) in [6.45, 7) is 5.91. The van der Waals surface area contributed by atoms with Crippen molar-refractivity contribution in [3.8, 4) is 0 Å². The Kier molecular flexibility index (Phi) is 4.69. The first kappa shape index (κ1) is 14.9. The maximum absolute atomic E-state index is 11.8. The lowest BCUT2D eigenvalue weighted by molar-refractivity contribution is 0.244. The van der Waals surface area contributed by atoms with Gasteiger partial charge in [0.1, 0.15) is 0 Å². The van der Waals surface area contributed by atoms with Crippen molar-refractivity contribution in [1.82, 2.24) is 5.32 Å². The third-order valence-corrected chi connectivity index (χ3v) is 3.73. The van der Waals surface area contributed by atoms with E-state index in [9.17, 15) is 4.79 Å². The molecule has 0 spiro atoms. The summed E-state index contributed by atoms with van der Waals surface area (Å²) in [5.41, 5.74) is 2.05. The molecule has 0 aliphatic heterocycles. The van der Waals surface area contributed by atoms with Crippen LogP contribution in [0.4, 0.5) is 10.5 Å². The Morgan fingerprint density at radius 2 is 1.65 bits per heavy atom. The van der Waals surface area contributed by atoms with Crippen LogP contribution in [0.15, 0.2) is 24.3 Å². The van der Waals surface area contributed by atoms with Crippen molar-refractivity contribution in [2.24, 2.45) is 0 Å². The number of carbonyl (C=O) groups excluding carboxylic acids is 1. The van der Waals surface area contributed by atoms with Gasteiger partial charge in [-0.3, -0.25) is 0 Å². The number of amides is 2. The lowest BCUT2D eigenvalue weighted by Crippen LogP contribution is -2.43. The fourth-order valence-electron chi connectivity index (χ4n) is 2.78. The van der Waals surface area contributed by atoms with Crippen LogP contribution in [0.5, 0.6) is 0 Å². The topological polar surface area (TPSA) is 41.1 Å². The summed E-state index contributed by atoms with van der Waals surface area (Å²) in [6.07, 6.45) is 6.68. The van der Waals surface area contributed by atoms with Crippen LogP contribution in [0.2, 0.25) is 0 Å². The smallest absolute Gasteiger partial charge is 0.319 e. The largest absolute Gasteiger partial charge is 0.333 e. The highest BCUT2D eigenvalue weighted by molar-refractivity contribution is 5.89. The Labute approximate surface area is 122 Å². The van der Waals surface area contributed by atoms with E-state index >= 15 is 0 Å². The monoisotopic (exact) mass is 274 g/mol. The minimum absolute atomic E-state index is 0.150. The molecule has 1 fully saturated rings. The van der Waals surface area contributed by atoms with E-state index in [1.165, 1.54) is 37.7 Å². The summed E-state index contributed by atoms with van der Waals surface area (Å²) >= 11 is 0. The average molecular weight is 274 g/mol. The summed E-state index contributed by atoms with van der Waals surface area (Å²) in [5, 5.41) is 5.77. The van der Waals surface area contributed by atoms with E-state index in [2.05, 4.69) is 22.8 Å². The molecule has 0 saturated heterocycles. The third kappa shape index (κ3) is 4.55. The van der Waals surface area contributed by atoms with Crippen LogP contribution in [-0.4, -0.2) is 11.6 Å². The molecule has 2 N–H and O–H groups in total. The molecule has 1 aromatic carbocycles. The van der Waals surface area contributed by atoms with E-state index < -0.39 is 0 Å². The first-order valence-electron chi connectivity index (χ1n) is 7.63. The third-order valence-electron chi connectivity index (χ3n) is 3.73. The molecular formula is C17H26N2O. The Hall–Kier alpha value is -1.51. The maximum atomic E-state index is 11.8. The van der Waals surface area contributed by atoms with Crippen molar-refractivity contribution in [2.45, 2.75) is 64.3 Å². The second-order valence-corrected chi connectivity index (χ2v) is 6.79. The van der Waals surface area contributed by atoms with Crippen molar-refractivity contribution in [3.63, 3.8) is 0 Å². The summed E-state index contributed by atoms with van der Waals surface area (Å²) in [6, 6.07) is 8.17. The number of nitrogens with one attached hydrogen (secondary N) is 2. The van der Waals surface area contributed by atoms with Crippen molar-refractivity contribution in [2.75, 3.05) is 5.32 Å². The van der Waals surface area contributed by atoms with Gasteiger partial charge < -0.3 is 10.6 Å². The van der Waals surface area contributed by atoms with Gasteiger partial charge in [-0.25, -0.2) is 4.79 Å². The minimum Gasteiger partial charge on any atom is -0.333 e. The van der Waals surface area contributed by atoms with E-state index in [0.29, 0.717) is 5.92 Å². The van der Waals surface area contributed by atoms with Gasteiger partial charge in [0.05, 0.1) is 0 Å². The van der Waals surface area contributed by atoms with Crippen LogP contribution in [0.3, 0.4) is 0 Å². The standard InChI is InChI=1S/C17H26N2O/c1-17(2,3)19-16(20)18-15-11-9-14(10-12-15)13-7-5-4-6-8-13/h9-13H,4-8H2,1-3H3,(H2,18,19,20). The van der Waals surface area contributed by atoms with Crippen LogP contribution in [0.25, 0.3) is 0 Å². The van der Waals surface area contributed by atoms with Crippen LogP contribution in [0.1, 0.15) is 64.4 Å². The van der Waals surface area contributed by atoms with Gasteiger partial charge in [0.15, 0.2) is 0 Å². The fourth-order valence-corrected chi connectivity index (χ4v) is 2.78. The van der Waals surface area contributed by atoms with Crippen molar-refractivity contribution in [3.05, 3.63) is 29.8 Å². The predicted octanol–water partition coefficient (Wildman–Crippen LogP) is 4.65. The van der Waals surface area contributed by atoms with Gasteiger partial charge in [0.2, 0.25) is 0 Å². The molecule has 110 valence electrons. The zero-order valence-corrected chi connectivity index (χ0v) is 12.8. The van der Waals surface area contributed by atoms with Crippen molar-refractivity contribution < 1.29 is 4.79 Å². The molecule has 2 rings (SSSR count). The first-order chi connectivity index (χ1) is 9.44. The molecule has 1 aliphatic carbocycles. The number of anilines is 1. The molecule has 3 nitrogen and oxygen atoms in total. The Balaban J connectivity index is 1.92. The van der Waals surface area contributed by atoms with Crippen molar-refractivity contribution in [1.29, 1.82) is 0 Å². The molecule has 1 aliphatic rings. The molecule has 3 heteroatoms. The molecular weight excluding hydrogens is 248 g/mol. The van der Waals surface area contributed by atoms with Crippen LogP contribution >= 0.6 is 0 Å². The second-order valence-electron chi connectivity index (χ2n) is 6.79. The van der Waals surface area contributed by atoms with Gasteiger partial charge in [0.25, 0.3) is 0 Å². The van der Waals surface area contributed by atoms with Crippen LogP contribution in [-0.2, 0) is 0 Å². The summed E-state index contributed by atoms with van der Waals surface area (Å²) in [7, 11) is 0. The lowest BCUT2D eigenvalue weighted by Gasteiger charge is -2.23. The maximum Gasteiger partial charge on any atom is 0.319 e. The first-order valence-corrected chi connectivity index (χ1v) is 7.63. The molecule has 0 bridgehead atoms. The number of carbonyl (C=O) groups is 1. The highest BCUT2D eigenvalue weighted by Crippen LogP contribution is 2.32. The van der Waals surface area contributed by atoms with Crippen LogP contribution in [0, 0.1) is 0 Å². The summed E-state index contributed by atoms with van der Waals surface area (Å²) < 4.78 is 0. The minimum atomic E-state index is -0.216. The fraction of sp³-hybridized carbons (Fsp3) is 0.588. The number of benzene rings is 1. The van der Waals surface area contributed by atoms with Gasteiger partial charge in [0, 0.05) is 11.2 Å². The van der Waals surface area contributed by atoms with Gasteiger partial charge >= 0.3 is 6.03 Å². The lowest BCUT2D eigenvalue weighted by atomic mass is 9.84. The molecule has 0 heterocycles. The van der Waals surface area contributed by atoms with E-state index in [1.807, 2.05) is 32.9 Å². The van der Waals surface area contributed by atoms with E-state index in [1.54, 1.807) is 0 Å².